The Bertz CT molecular complexity index is 1590. The van der Waals surface area contributed by atoms with Crippen molar-refractivity contribution in [3.8, 4) is 11.1 Å². The van der Waals surface area contributed by atoms with Gasteiger partial charge in [-0.05, 0) is 0 Å². The molecule has 4 aromatic carbocycles. The van der Waals surface area contributed by atoms with Crippen LogP contribution < -0.4 is 35.3 Å². The number of hydrogen-bond donors (Lipinski definition) is 0. The second kappa shape index (κ2) is 8.79. The molecule has 155 valence electrons. The predicted octanol–water partition coefficient (Wildman–Crippen LogP) is 0.219. The van der Waals surface area contributed by atoms with Gasteiger partial charge in [0, 0.05) is 0 Å². The molecular formula is C29H21Cl2Zr. The first kappa shape index (κ1) is 23.2. The molecule has 4 aromatic rings. The number of benzene rings is 4. The summed E-state index contributed by atoms with van der Waals surface area (Å²) < 4.78 is 1.49. The third-order valence-corrected chi connectivity index (χ3v) is 7.82. The summed E-state index contributed by atoms with van der Waals surface area (Å²) in [5.74, 6) is 0. The van der Waals surface area contributed by atoms with Crippen molar-refractivity contribution in [3.63, 3.8) is 0 Å². The Hall–Kier alpha value is -1.92. The molecule has 0 bridgehead atoms. The van der Waals surface area contributed by atoms with E-state index in [2.05, 4.69) is 92.7 Å². The second-order valence-corrected chi connectivity index (χ2v) is 9.68. The summed E-state index contributed by atoms with van der Waals surface area (Å²) in [4.78, 5) is 0. The smallest absolute Gasteiger partial charge is 1.00 e. The van der Waals surface area contributed by atoms with Gasteiger partial charge in [-0.1, -0.05) is 0 Å². The van der Waals surface area contributed by atoms with Gasteiger partial charge in [-0.2, -0.15) is 0 Å². The fourth-order valence-corrected chi connectivity index (χ4v) is 6.40. The van der Waals surface area contributed by atoms with Crippen LogP contribution in [0.25, 0.3) is 47.1 Å². The van der Waals surface area contributed by atoms with Gasteiger partial charge in [-0.15, -0.1) is 0 Å². The van der Waals surface area contributed by atoms with Gasteiger partial charge >= 0.3 is 193 Å². The molecule has 0 aromatic heterocycles. The van der Waals surface area contributed by atoms with Crippen LogP contribution in [0.1, 0.15) is 31.4 Å². The molecule has 0 saturated heterocycles. The first-order chi connectivity index (χ1) is 14.7. The van der Waals surface area contributed by atoms with Gasteiger partial charge in [0.2, 0.25) is 0 Å². The van der Waals surface area contributed by atoms with E-state index in [1.165, 1.54) is 93.4 Å². The molecule has 0 amide bonds. The van der Waals surface area contributed by atoms with Gasteiger partial charge in [-0.3, -0.25) is 0 Å². The maximum atomic E-state index is 2.37. The van der Waals surface area contributed by atoms with Crippen molar-refractivity contribution in [2.75, 3.05) is 0 Å². The van der Waals surface area contributed by atoms with Gasteiger partial charge < -0.3 is 24.8 Å². The first-order valence-corrected chi connectivity index (χ1v) is 11.8. The Morgan fingerprint density at radius 2 is 1.28 bits per heavy atom. The van der Waals surface area contributed by atoms with E-state index in [1.807, 2.05) is 0 Å². The van der Waals surface area contributed by atoms with Crippen LogP contribution in [-0.4, -0.2) is 0 Å². The molecule has 2 aliphatic rings. The summed E-state index contributed by atoms with van der Waals surface area (Å²) in [5, 5.41) is 8.30. The minimum absolute atomic E-state index is 0. The quantitative estimate of drug-likeness (QED) is 0.309. The van der Waals surface area contributed by atoms with Gasteiger partial charge in [0.05, 0.1) is 0 Å². The van der Waals surface area contributed by atoms with Crippen molar-refractivity contribution in [2.24, 2.45) is 0 Å². The molecule has 0 fully saturated rings. The third kappa shape index (κ3) is 3.21. The molecule has 0 radical (unpaired) electrons. The fourth-order valence-electron chi connectivity index (χ4n) is 5.25. The molecule has 6 rings (SSSR count). The molecule has 3 heteroatoms. The number of allylic oxidation sites excluding steroid dienone is 4. The van der Waals surface area contributed by atoms with Crippen LogP contribution in [0.15, 0.2) is 78.9 Å². The van der Waals surface area contributed by atoms with Crippen LogP contribution in [0.2, 0.25) is 0 Å². The van der Waals surface area contributed by atoms with E-state index in [-0.39, 0.29) is 24.8 Å². The van der Waals surface area contributed by atoms with Crippen molar-refractivity contribution in [2.45, 2.75) is 20.3 Å². The largest absolute Gasteiger partial charge is 1.00 e. The van der Waals surface area contributed by atoms with Gasteiger partial charge in [0.1, 0.15) is 0 Å². The maximum absolute atomic E-state index is 2.37. The molecule has 0 spiro atoms. The molecule has 0 saturated carbocycles. The monoisotopic (exact) mass is 529 g/mol. The SMILES string of the molecule is CC(C)=c1ccc2c(c1C1=CC=CC1)-c1c(c3ccccc3c3ccccc13)[C]=2[Zr+2].[Cl-].[Cl-]. The zero-order valence-electron chi connectivity index (χ0n) is 18.0. The first-order valence-electron chi connectivity index (χ1n) is 10.5. The van der Waals surface area contributed by atoms with Crippen molar-refractivity contribution >= 4 is 36.0 Å². The molecule has 0 aliphatic heterocycles. The van der Waals surface area contributed by atoms with Crippen LogP contribution in [0, 0.1) is 0 Å². The van der Waals surface area contributed by atoms with Gasteiger partial charge in [0.25, 0.3) is 0 Å². The number of hydrogen-bond acceptors (Lipinski definition) is 0. The van der Waals surface area contributed by atoms with Crippen molar-refractivity contribution in [1.82, 2.24) is 0 Å². The summed E-state index contributed by atoms with van der Waals surface area (Å²) >= 11 is 1.48. The van der Waals surface area contributed by atoms with Crippen LogP contribution >= 0.6 is 0 Å². The topological polar surface area (TPSA) is 0 Å². The summed E-state index contributed by atoms with van der Waals surface area (Å²) in [5.41, 5.74) is 8.61. The second-order valence-electron chi connectivity index (χ2n) is 8.45. The molecule has 2 aliphatic carbocycles. The van der Waals surface area contributed by atoms with Crippen molar-refractivity contribution < 1.29 is 49.5 Å². The molecule has 0 atom stereocenters. The maximum Gasteiger partial charge on any atom is -1.00 e. The average Bonchev–Trinajstić information content (AvgIpc) is 3.40. The van der Waals surface area contributed by atoms with E-state index in [1.54, 1.807) is 0 Å². The number of rotatable bonds is 1. The van der Waals surface area contributed by atoms with E-state index < -0.39 is 0 Å². The van der Waals surface area contributed by atoms with Crippen molar-refractivity contribution in [1.29, 1.82) is 0 Å². The minimum atomic E-state index is 0. The Morgan fingerprint density at radius 1 is 0.688 bits per heavy atom. The van der Waals surface area contributed by atoms with E-state index >= 15 is 0 Å². The van der Waals surface area contributed by atoms with E-state index in [0.29, 0.717) is 0 Å². The molecule has 0 heterocycles. The van der Waals surface area contributed by atoms with E-state index in [4.69, 9.17) is 0 Å². The Labute approximate surface area is 216 Å². The fraction of sp³-hybridized carbons (Fsp3) is 0.103. The molecule has 0 nitrogen and oxygen atoms in total. The zero-order valence-corrected chi connectivity index (χ0v) is 21.9. The van der Waals surface area contributed by atoms with Gasteiger partial charge in [-0.25, -0.2) is 0 Å². The average molecular weight is 532 g/mol. The summed E-state index contributed by atoms with van der Waals surface area (Å²) in [6, 6.07) is 22.6. The van der Waals surface area contributed by atoms with Crippen LogP contribution in [0.3, 0.4) is 0 Å². The third-order valence-electron chi connectivity index (χ3n) is 6.54. The number of halogens is 2. The normalized spacial score (nSPS) is 13.5. The molecule has 32 heavy (non-hydrogen) atoms. The van der Waals surface area contributed by atoms with Crippen molar-refractivity contribution in [3.05, 3.63) is 100 Å². The van der Waals surface area contributed by atoms with Crippen LogP contribution in [0.5, 0.6) is 0 Å². The molecule has 0 N–H and O–H groups in total. The van der Waals surface area contributed by atoms with E-state index in [9.17, 15) is 0 Å². The summed E-state index contributed by atoms with van der Waals surface area (Å²) in [6.07, 6.45) is 7.82. The number of fused-ring (bicyclic) bond motifs is 8. The zero-order chi connectivity index (χ0) is 20.4. The minimum Gasteiger partial charge on any atom is -1.00 e. The molecule has 0 unspecified atom stereocenters. The predicted molar refractivity (Wildman–Crippen MR) is 125 cm³/mol. The Balaban J connectivity index is 0.00000122. The van der Waals surface area contributed by atoms with E-state index in [0.717, 1.165) is 6.42 Å². The molecular weight excluding hydrogens is 510 g/mol. The van der Waals surface area contributed by atoms with Gasteiger partial charge in [0.15, 0.2) is 0 Å². The van der Waals surface area contributed by atoms with Crippen LogP contribution in [-0.2, 0) is 24.7 Å². The standard InChI is InChI=1S/C29H21.2ClH.Zr/c1-18(2)21-16-15-20-17-26-24-13-6-5-11-22(24)23-12-7-8-14-25(23)29(26)28(20)27(21)19-9-3-4-10-19;;;/h3-9,11-16H,10H2,1-2H3;2*1H;/q;;;+2/p-2. The van der Waals surface area contributed by atoms with Crippen LogP contribution in [0.4, 0.5) is 0 Å². The summed E-state index contributed by atoms with van der Waals surface area (Å²) in [6.45, 7) is 4.48. The Kier molecular flexibility index (Phi) is 6.39. The Morgan fingerprint density at radius 3 is 1.84 bits per heavy atom. The summed E-state index contributed by atoms with van der Waals surface area (Å²) in [7, 11) is 0.